The SMILES string of the molecule is C[C@H]1CCCC[C@H]1NC(=O)C[NH+]1CCN(c2ncccn2)CC1. The zero-order valence-electron chi connectivity index (χ0n) is 14.0. The highest BCUT2D eigenvalue weighted by molar-refractivity contribution is 5.77. The number of carbonyl (C=O) groups excluding carboxylic acids is 1. The summed E-state index contributed by atoms with van der Waals surface area (Å²) in [5.41, 5.74) is 0. The van der Waals surface area contributed by atoms with E-state index >= 15 is 0 Å². The largest absolute Gasteiger partial charge is 0.348 e. The fraction of sp³-hybridized carbons (Fsp3) is 0.706. The van der Waals surface area contributed by atoms with Gasteiger partial charge in [-0.25, -0.2) is 9.97 Å². The smallest absolute Gasteiger partial charge is 0.275 e. The Balaban J connectivity index is 1.42. The Bertz CT molecular complexity index is 501. The Morgan fingerprint density at radius 3 is 2.65 bits per heavy atom. The molecule has 6 nitrogen and oxygen atoms in total. The van der Waals surface area contributed by atoms with Gasteiger partial charge in [0.1, 0.15) is 0 Å². The summed E-state index contributed by atoms with van der Waals surface area (Å²) in [7, 11) is 0. The van der Waals surface area contributed by atoms with Gasteiger partial charge in [0, 0.05) is 18.4 Å². The van der Waals surface area contributed by atoms with Crippen molar-refractivity contribution in [3.05, 3.63) is 18.5 Å². The number of piperazine rings is 1. The van der Waals surface area contributed by atoms with E-state index in [9.17, 15) is 4.79 Å². The lowest BCUT2D eigenvalue weighted by molar-refractivity contribution is -0.892. The number of nitrogens with one attached hydrogen (secondary N) is 2. The van der Waals surface area contributed by atoms with Crippen LogP contribution in [0.5, 0.6) is 0 Å². The second kappa shape index (κ2) is 7.73. The summed E-state index contributed by atoms with van der Waals surface area (Å²) in [4.78, 5) is 24.5. The summed E-state index contributed by atoms with van der Waals surface area (Å²) < 4.78 is 0. The molecule has 1 aromatic heterocycles. The number of hydrogen-bond acceptors (Lipinski definition) is 4. The van der Waals surface area contributed by atoms with Crippen LogP contribution in [0.1, 0.15) is 32.6 Å². The number of hydrogen-bond donors (Lipinski definition) is 2. The summed E-state index contributed by atoms with van der Waals surface area (Å²) in [5.74, 6) is 1.63. The van der Waals surface area contributed by atoms with Gasteiger partial charge >= 0.3 is 0 Å². The van der Waals surface area contributed by atoms with E-state index in [2.05, 4.69) is 27.1 Å². The molecule has 2 N–H and O–H groups in total. The first-order chi connectivity index (χ1) is 11.2. The molecule has 2 aliphatic rings. The van der Waals surface area contributed by atoms with Crippen LogP contribution in [0.25, 0.3) is 0 Å². The lowest BCUT2D eigenvalue weighted by Gasteiger charge is -2.33. The molecule has 1 amide bonds. The number of quaternary nitrogens is 1. The third-order valence-corrected chi connectivity index (χ3v) is 5.17. The van der Waals surface area contributed by atoms with E-state index in [4.69, 9.17) is 0 Å². The molecule has 126 valence electrons. The lowest BCUT2D eigenvalue weighted by atomic mass is 9.86. The van der Waals surface area contributed by atoms with E-state index in [1.54, 1.807) is 12.4 Å². The van der Waals surface area contributed by atoms with Crippen molar-refractivity contribution >= 4 is 11.9 Å². The summed E-state index contributed by atoms with van der Waals surface area (Å²) in [6, 6.07) is 2.22. The fourth-order valence-corrected chi connectivity index (χ4v) is 3.67. The third kappa shape index (κ3) is 4.41. The van der Waals surface area contributed by atoms with Crippen molar-refractivity contribution in [2.75, 3.05) is 37.6 Å². The second-order valence-electron chi connectivity index (χ2n) is 6.90. The predicted octanol–water partition coefficient (Wildman–Crippen LogP) is -0.124. The molecule has 6 heteroatoms. The molecule has 1 aliphatic carbocycles. The summed E-state index contributed by atoms with van der Waals surface area (Å²) in [5, 5.41) is 3.26. The van der Waals surface area contributed by atoms with Crippen molar-refractivity contribution in [2.45, 2.75) is 38.6 Å². The van der Waals surface area contributed by atoms with Gasteiger partial charge in [0.05, 0.1) is 26.2 Å². The third-order valence-electron chi connectivity index (χ3n) is 5.17. The molecule has 1 saturated carbocycles. The van der Waals surface area contributed by atoms with Crippen molar-refractivity contribution in [1.29, 1.82) is 0 Å². The van der Waals surface area contributed by atoms with Crippen LogP contribution < -0.4 is 15.1 Å². The number of amides is 1. The Hall–Kier alpha value is -1.69. The van der Waals surface area contributed by atoms with Crippen LogP contribution in [0.4, 0.5) is 5.95 Å². The van der Waals surface area contributed by atoms with Gasteiger partial charge in [0.2, 0.25) is 5.95 Å². The van der Waals surface area contributed by atoms with Crippen molar-refractivity contribution in [3.8, 4) is 0 Å². The van der Waals surface area contributed by atoms with Crippen LogP contribution in [0.3, 0.4) is 0 Å². The zero-order valence-corrected chi connectivity index (χ0v) is 14.0. The monoisotopic (exact) mass is 318 g/mol. The van der Waals surface area contributed by atoms with Crippen molar-refractivity contribution < 1.29 is 9.69 Å². The van der Waals surface area contributed by atoms with Crippen LogP contribution in [-0.4, -0.2) is 54.6 Å². The summed E-state index contributed by atoms with van der Waals surface area (Å²) in [6.07, 6.45) is 8.50. The van der Waals surface area contributed by atoms with Crippen LogP contribution in [0.2, 0.25) is 0 Å². The average molecular weight is 318 g/mol. The van der Waals surface area contributed by atoms with Crippen LogP contribution in [0, 0.1) is 5.92 Å². The van der Waals surface area contributed by atoms with Gasteiger partial charge < -0.3 is 15.1 Å². The van der Waals surface area contributed by atoms with Gasteiger partial charge in [0.15, 0.2) is 6.54 Å². The van der Waals surface area contributed by atoms with Gasteiger partial charge in [-0.2, -0.15) is 0 Å². The first-order valence-corrected chi connectivity index (χ1v) is 8.87. The Morgan fingerprint density at radius 1 is 1.26 bits per heavy atom. The molecule has 1 saturated heterocycles. The van der Waals surface area contributed by atoms with Crippen LogP contribution in [0.15, 0.2) is 18.5 Å². The van der Waals surface area contributed by atoms with Crippen LogP contribution in [-0.2, 0) is 4.79 Å². The van der Waals surface area contributed by atoms with Crippen molar-refractivity contribution in [2.24, 2.45) is 5.92 Å². The number of carbonyl (C=O) groups is 1. The topological polar surface area (TPSA) is 62.6 Å². The quantitative estimate of drug-likeness (QED) is 0.812. The van der Waals surface area contributed by atoms with Gasteiger partial charge in [-0.05, 0) is 24.8 Å². The van der Waals surface area contributed by atoms with E-state index in [-0.39, 0.29) is 5.91 Å². The number of anilines is 1. The molecular formula is C17H28N5O+. The minimum atomic E-state index is 0.211. The molecule has 2 atom stereocenters. The Labute approximate surface area is 138 Å². The maximum Gasteiger partial charge on any atom is 0.275 e. The average Bonchev–Trinajstić information content (AvgIpc) is 2.58. The van der Waals surface area contributed by atoms with Gasteiger partial charge in [0.25, 0.3) is 5.91 Å². The molecule has 0 radical (unpaired) electrons. The molecule has 0 aromatic carbocycles. The first-order valence-electron chi connectivity index (χ1n) is 8.87. The summed E-state index contributed by atoms with van der Waals surface area (Å²) in [6.45, 7) is 6.60. The lowest BCUT2D eigenvalue weighted by Crippen LogP contribution is -3.16. The molecule has 23 heavy (non-hydrogen) atoms. The van der Waals surface area contributed by atoms with Crippen LogP contribution >= 0.6 is 0 Å². The first kappa shape index (κ1) is 16.2. The van der Waals surface area contributed by atoms with E-state index in [0.717, 1.165) is 38.5 Å². The molecule has 0 bridgehead atoms. The van der Waals surface area contributed by atoms with E-state index in [1.165, 1.54) is 24.2 Å². The standard InChI is InChI=1S/C17H27N5O/c1-14-5-2-3-6-15(14)20-16(23)13-21-9-11-22(12-10-21)17-18-7-4-8-19-17/h4,7-8,14-15H,2-3,5-6,9-13H2,1H3,(H,20,23)/p+1/t14-,15+/m0/s1. The molecular weight excluding hydrogens is 290 g/mol. The second-order valence-corrected chi connectivity index (χ2v) is 6.90. The van der Waals surface area contributed by atoms with Gasteiger partial charge in [-0.1, -0.05) is 19.8 Å². The molecule has 0 unspecified atom stereocenters. The molecule has 1 aromatic rings. The maximum atomic E-state index is 12.3. The molecule has 1 aliphatic heterocycles. The number of nitrogens with zero attached hydrogens (tertiary/aromatic N) is 3. The van der Waals surface area contributed by atoms with E-state index < -0.39 is 0 Å². The van der Waals surface area contributed by atoms with Gasteiger partial charge in [-0.3, -0.25) is 4.79 Å². The van der Waals surface area contributed by atoms with E-state index in [0.29, 0.717) is 18.5 Å². The maximum absolute atomic E-state index is 12.3. The Kier molecular flexibility index (Phi) is 5.43. The minimum absolute atomic E-state index is 0.211. The number of rotatable bonds is 4. The van der Waals surface area contributed by atoms with Gasteiger partial charge in [-0.15, -0.1) is 0 Å². The highest BCUT2D eigenvalue weighted by Crippen LogP contribution is 2.23. The highest BCUT2D eigenvalue weighted by atomic mass is 16.2. The summed E-state index contributed by atoms with van der Waals surface area (Å²) >= 11 is 0. The van der Waals surface area contributed by atoms with E-state index in [1.807, 2.05) is 6.07 Å². The predicted molar refractivity (Wildman–Crippen MR) is 89.4 cm³/mol. The molecule has 2 fully saturated rings. The van der Waals surface area contributed by atoms with Crippen molar-refractivity contribution in [3.63, 3.8) is 0 Å². The molecule has 2 heterocycles. The van der Waals surface area contributed by atoms with Crippen molar-refractivity contribution in [1.82, 2.24) is 15.3 Å². The number of aromatic nitrogens is 2. The normalized spacial score (nSPS) is 26.0. The Morgan fingerprint density at radius 2 is 1.96 bits per heavy atom. The molecule has 0 spiro atoms. The minimum Gasteiger partial charge on any atom is -0.348 e. The zero-order chi connectivity index (χ0) is 16.1. The molecule has 3 rings (SSSR count). The highest BCUT2D eigenvalue weighted by Gasteiger charge is 2.26. The fourth-order valence-electron chi connectivity index (χ4n) is 3.67.